The Morgan fingerprint density at radius 1 is 1.29 bits per heavy atom. The summed E-state index contributed by atoms with van der Waals surface area (Å²) in [5.74, 6) is 0.898. The highest BCUT2D eigenvalue weighted by atomic mass is 16.5. The number of hydrogen-bond acceptors (Lipinski definition) is 3. The molecule has 2 fully saturated rings. The van der Waals surface area contributed by atoms with E-state index in [1.165, 1.54) is 24.9 Å². The van der Waals surface area contributed by atoms with Crippen LogP contribution in [0.3, 0.4) is 0 Å². The van der Waals surface area contributed by atoms with Gasteiger partial charge in [-0.15, -0.1) is 0 Å². The molecule has 2 aliphatic rings. The summed E-state index contributed by atoms with van der Waals surface area (Å²) in [6.07, 6.45) is 2.53. The van der Waals surface area contributed by atoms with Crippen molar-refractivity contribution < 1.29 is 4.74 Å². The Kier molecular flexibility index (Phi) is 5.74. The second-order valence-electron chi connectivity index (χ2n) is 7.36. The molecule has 0 aliphatic carbocycles. The van der Waals surface area contributed by atoms with Gasteiger partial charge in [0.15, 0.2) is 5.96 Å². The minimum absolute atomic E-state index is 0.254. The van der Waals surface area contributed by atoms with Gasteiger partial charge in [0.05, 0.1) is 13.2 Å². The van der Waals surface area contributed by atoms with E-state index in [1.54, 1.807) is 0 Å². The van der Waals surface area contributed by atoms with Crippen LogP contribution >= 0.6 is 0 Å². The number of benzene rings is 1. The smallest absolute Gasteiger partial charge is 0.191 e. The van der Waals surface area contributed by atoms with E-state index >= 15 is 0 Å². The Morgan fingerprint density at radius 3 is 2.75 bits per heavy atom. The van der Waals surface area contributed by atoms with Crippen LogP contribution in [0.1, 0.15) is 25.3 Å². The molecular weight excluding hydrogens is 300 g/mol. The van der Waals surface area contributed by atoms with Crippen molar-refractivity contribution in [2.24, 2.45) is 10.4 Å². The number of guanidine groups is 1. The average Bonchev–Trinajstić information content (AvgIpc) is 3.01. The van der Waals surface area contributed by atoms with E-state index in [0.717, 1.165) is 38.8 Å². The predicted molar refractivity (Wildman–Crippen MR) is 98.2 cm³/mol. The Balaban J connectivity index is 1.45. The quantitative estimate of drug-likeness (QED) is 0.617. The van der Waals surface area contributed by atoms with E-state index in [1.807, 2.05) is 7.05 Å². The van der Waals surface area contributed by atoms with Gasteiger partial charge >= 0.3 is 0 Å². The molecule has 0 saturated carbocycles. The van der Waals surface area contributed by atoms with Gasteiger partial charge in [0.25, 0.3) is 0 Å². The standard InChI is InChI=1S/C19H30N4O/c1-19(14-24-15-19)13-22-18(20-2)21-11-17-9-6-10-23(17)12-16-7-4-3-5-8-16/h3-5,7-8,17H,6,9-15H2,1-2H3,(H2,20,21,22). The van der Waals surface area contributed by atoms with E-state index in [4.69, 9.17) is 4.74 Å². The van der Waals surface area contributed by atoms with Crippen molar-refractivity contribution in [3.8, 4) is 0 Å². The molecule has 0 amide bonds. The second kappa shape index (κ2) is 7.99. The van der Waals surface area contributed by atoms with Crippen molar-refractivity contribution in [2.75, 3.05) is 39.9 Å². The summed E-state index contributed by atoms with van der Waals surface area (Å²) >= 11 is 0. The van der Waals surface area contributed by atoms with Crippen LogP contribution in [0.15, 0.2) is 35.3 Å². The number of nitrogens with zero attached hydrogens (tertiary/aromatic N) is 2. The molecular formula is C19H30N4O. The van der Waals surface area contributed by atoms with Gasteiger partial charge in [-0.1, -0.05) is 37.3 Å². The molecule has 0 radical (unpaired) electrons. The first-order valence-corrected chi connectivity index (χ1v) is 8.99. The molecule has 2 heterocycles. The fourth-order valence-electron chi connectivity index (χ4n) is 3.44. The molecule has 0 spiro atoms. The van der Waals surface area contributed by atoms with Crippen molar-refractivity contribution in [1.29, 1.82) is 0 Å². The van der Waals surface area contributed by atoms with Gasteiger partial charge in [0.1, 0.15) is 0 Å². The zero-order valence-electron chi connectivity index (χ0n) is 14.9. The summed E-state index contributed by atoms with van der Waals surface area (Å²) in [4.78, 5) is 6.93. The highest BCUT2D eigenvalue weighted by Crippen LogP contribution is 2.25. The van der Waals surface area contributed by atoms with Crippen LogP contribution in [0.5, 0.6) is 0 Å². The molecule has 0 bridgehead atoms. The van der Waals surface area contributed by atoms with Crippen LogP contribution in [-0.4, -0.2) is 56.8 Å². The number of aliphatic imine (C=N–C) groups is 1. The lowest BCUT2D eigenvalue weighted by Crippen LogP contribution is -2.52. The lowest BCUT2D eigenvalue weighted by atomic mass is 9.89. The van der Waals surface area contributed by atoms with Gasteiger partial charge in [-0.05, 0) is 24.9 Å². The highest BCUT2D eigenvalue weighted by molar-refractivity contribution is 5.79. The van der Waals surface area contributed by atoms with E-state index in [9.17, 15) is 0 Å². The third-order valence-corrected chi connectivity index (χ3v) is 5.04. The molecule has 5 nitrogen and oxygen atoms in total. The van der Waals surface area contributed by atoms with E-state index in [2.05, 4.69) is 57.8 Å². The molecule has 5 heteroatoms. The zero-order valence-corrected chi connectivity index (χ0v) is 14.9. The summed E-state index contributed by atoms with van der Waals surface area (Å²) in [6, 6.07) is 11.3. The SMILES string of the molecule is CN=C(NCC1CCCN1Cc1ccccc1)NCC1(C)COC1. The number of ether oxygens (including phenoxy) is 1. The Hall–Kier alpha value is -1.59. The number of rotatable bonds is 6. The molecule has 0 aromatic heterocycles. The fraction of sp³-hybridized carbons (Fsp3) is 0.632. The van der Waals surface area contributed by atoms with Crippen molar-refractivity contribution >= 4 is 5.96 Å². The first kappa shape index (κ1) is 17.2. The topological polar surface area (TPSA) is 48.9 Å². The third kappa shape index (κ3) is 4.48. The molecule has 24 heavy (non-hydrogen) atoms. The van der Waals surface area contributed by atoms with Crippen molar-refractivity contribution in [1.82, 2.24) is 15.5 Å². The van der Waals surface area contributed by atoms with Crippen LogP contribution < -0.4 is 10.6 Å². The molecule has 132 valence electrons. The molecule has 1 aromatic rings. The predicted octanol–water partition coefficient (Wildman–Crippen LogP) is 1.85. The Bertz CT molecular complexity index is 542. The van der Waals surface area contributed by atoms with Crippen LogP contribution in [0.2, 0.25) is 0 Å². The average molecular weight is 330 g/mol. The maximum atomic E-state index is 5.31. The van der Waals surface area contributed by atoms with Crippen molar-refractivity contribution in [2.45, 2.75) is 32.4 Å². The van der Waals surface area contributed by atoms with Gasteiger partial charge in [0, 0.05) is 38.1 Å². The lowest BCUT2D eigenvalue weighted by molar-refractivity contribution is -0.0971. The molecule has 2 saturated heterocycles. The van der Waals surface area contributed by atoms with Gasteiger partial charge in [0.2, 0.25) is 0 Å². The number of nitrogens with one attached hydrogen (secondary N) is 2. The first-order chi connectivity index (χ1) is 11.7. The number of hydrogen-bond donors (Lipinski definition) is 2. The van der Waals surface area contributed by atoms with E-state index < -0.39 is 0 Å². The maximum absolute atomic E-state index is 5.31. The second-order valence-corrected chi connectivity index (χ2v) is 7.36. The lowest BCUT2D eigenvalue weighted by Gasteiger charge is -2.38. The third-order valence-electron chi connectivity index (χ3n) is 5.04. The van der Waals surface area contributed by atoms with Gasteiger partial charge in [-0.2, -0.15) is 0 Å². The van der Waals surface area contributed by atoms with Gasteiger partial charge in [-0.3, -0.25) is 9.89 Å². The van der Waals surface area contributed by atoms with Crippen LogP contribution in [0, 0.1) is 5.41 Å². The summed E-state index contributed by atoms with van der Waals surface area (Å²) < 4.78 is 5.31. The Labute approximate surface area is 145 Å². The Morgan fingerprint density at radius 2 is 2.08 bits per heavy atom. The van der Waals surface area contributed by atoms with E-state index in [-0.39, 0.29) is 5.41 Å². The van der Waals surface area contributed by atoms with Crippen molar-refractivity contribution in [3.63, 3.8) is 0 Å². The molecule has 1 aromatic carbocycles. The summed E-state index contributed by atoms with van der Waals surface area (Å²) in [6.45, 7) is 7.99. The number of likely N-dealkylation sites (tertiary alicyclic amines) is 1. The molecule has 1 atom stereocenters. The van der Waals surface area contributed by atoms with Crippen LogP contribution in [0.25, 0.3) is 0 Å². The van der Waals surface area contributed by atoms with Crippen molar-refractivity contribution in [3.05, 3.63) is 35.9 Å². The highest BCUT2D eigenvalue weighted by Gasteiger charge is 2.33. The fourth-order valence-corrected chi connectivity index (χ4v) is 3.44. The first-order valence-electron chi connectivity index (χ1n) is 8.99. The molecule has 3 rings (SSSR count). The molecule has 2 aliphatic heterocycles. The minimum Gasteiger partial charge on any atom is -0.380 e. The molecule has 1 unspecified atom stereocenters. The van der Waals surface area contributed by atoms with Gasteiger partial charge < -0.3 is 15.4 Å². The van der Waals surface area contributed by atoms with E-state index in [0.29, 0.717) is 6.04 Å². The van der Waals surface area contributed by atoms with Crippen LogP contribution in [0.4, 0.5) is 0 Å². The summed E-state index contributed by atoms with van der Waals surface area (Å²) in [7, 11) is 1.84. The normalized spacial score (nSPS) is 23.8. The van der Waals surface area contributed by atoms with Gasteiger partial charge in [-0.25, -0.2) is 0 Å². The summed E-state index contributed by atoms with van der Waals surface area (Å²) in [5.41, 5.74) is 1.65. The minimum atomic E-state index is 0.254. The monoisotopic (exact) mass is 330 g/mol. The maximum Gasteiger partial charge on any atom is 0.191 e. The largest absolute Gasteiger partial charge is 0.380 e. The van der Waals surface area contributed by atoms with Crippen LogP contribution in [-0.2, 0) is 11.3 Å². The molecule has 2 N–H and O–H groups in total. The zero-order chi connectivity index (χ0) is 16.8. The summed E-state index contributed by atoms with van der Waals surface area (Å²) in [5, 5.41) is 6.95.